The van der Waals surface area contributed by atoms with Crippen molar-refractivity contribution in [1.82, 2.24) is 10.3 Å². The number of benzene rings is 1. The van der Waals surface area contributed by atoms with Crippen LogP contribution in [0.4, 0.5) is 0 Å². The Balaban J connectivity index is 2.35. The summed E-state index contributed by atoms with van der Waals surface area (Å²) in [6, 6.07) is 4.25. The first-order chi connectivity index (χ1) is 8.24. The molecule has 3 nitrogen and oxygen atoms in total. The third kappa shape index (κ3) is 2.87. The van der Waals surface area contributed by atoms with Crippen LogP contribution in [0.1, 0.15) is 31.2 Å². The number of aryl methyl sites for hydroxylation is 1. The fourth-order valence-corrected chi connectivity index (χ4v) is 2.42. The molecular formula is C13H17BrN2O. The lowest BCUT2D eigenvalue weighted by Gasteiger charge is -2.00. The highest BCUT2D eigenvalue weighted by atomic mass is 79.9. The van der Waals surface area contributed by atoms with Gasteiger partial charge in [0.05, 0.1) is 11.0 Å². The SMILES string of the molecule is CCCCc1cc(Br)c2oc(CNC)nc2c1. The summed E-state index contributed by atoms with van der Waals surface area (Å²) in [5, 5.41) is 3.04. The number of unbranched alkanes of at least 4 members (excludes halogenated alkanes) is 1. The highest BCUT2D eigenvalue weighted by Crippen LogP contribution is 2.27. The Hall–Kier alpha value is -0.870. The lowest BCUT2D eigenvalue weighted by molar-refractivity contribution is 0.510. The summed E-state index contributed by atoms with van der Waals surface area (Å²) in [6.07, 6.45) is 3.51. The molecule has 0 aliphatic rings. The van der Waals surface area contributed by atoms with Crippen LogP contribution >= 0.6 is 15.9 Å². The van der Waals surface area contributed by atoms with Crippen molar-refractivity contribution in [3.05, 3.63) is 28.1 Å². The van der Waals surface area contributed by atoms with Crippen molar-refractivity contribution in [2.45, 2.75) is 32.7 Å². The van der Waals surface area contributed by atoms with Gasteiger partial charge in [-0.1, -0.05) is 13.3 Å². The van der Waals surface area contributed by atoms with E-state index in [9.17, 15) is 0 Å². The van der Waals surface area contributed by atoms with Gasteiger partial charge in [-0.15, -0.1) is 0 Å². The van der Waals surface area contributed by atoms with Gasteiger partial charge in [0.2, 0.25) is 5.89 Å². The van der Waals surface area contributed by atoms with Gasteiger partial charge < -0.3 is 9.73 Å². The second-order valence-corrected chi connectivity index (χ2v) is 5.02. The van der Waals surface area contributed by atoms with Crippen molar-refractivity contribution in [2.24, 2.45) is 0 Å². The molecule has 0 unspecified atom stereocenters. The molecule has 0 spiro atoms. The zero-order valence-electron chi connectivity index (χ0n) is 10.2. The minimum atomic E-state index is 0.658. The van der Waals surface area contributed by atoms with E-state index >= 15 is 0 Å². The van der Waals surface area contributed by atoms with E-state index in [0.717, 1.165) is 27.9 Å². The molecule has 1 aromatic heterocycles. The van der Waals surface area contributed by atoms with Crippen LogP contribution in [-0.2, 0) is 13.0 Å². The van der Waals surface area contributed by atoms with Crippen molar-refractivity contribution >= 4 is 27.0 Å². The summed E-state index contributed by atoms with van der Waals surface area (Å²) < 4.78 is 6.67. The number of fused-ring (bicyclic) bond motifs is 1. The molecular weight excluding hydrogens is 280 g/mol. The number of oxazole rings is 1. The predicted octanol–water partition coefficient (Wildman–Crippen LogP) is 3.65. The van der Waals surface area contributed by atoms with Crippen molar-refractivity contribution in [3.63, 3.8) is 0 Å². The molecule has 92 valence electrons. The average Bonchev–Trinajstić information content (AvgIpc) is 2.70. The molecule has 0 radical (unpaired) electrons. The van der Waals surface area contributed by atoms with E-state index in [2.05, 4.69) is 45.3 Å². The first kappa shape index (κ1) is 12.6. The summed E-state index contributed by atoms with van der Waals surface area (Å²) in [7, 11) is 1.89. The van der Waals surface area contributed by atoms with Crippen LogP contribution in [-0.4, -0.2) is 12.0 Å². The predicted molar refractivity (Wildman–Crippen MR) is 73.1 cm³/mol. The quantitative estimate of drug-likeness (QED) is 0.915. The summed E-state index contributed by atoms with van der Waals surface area (Å²) >= 11 is 3.55. The summed E-state index contributed by atoms with van der Waals surface area (Å²) in [6.45, 7) is 2.86. The molecule has 17 heavy (non-hydrogen) atoms. The summed E-state index contributed by atoms with van der Waals surface area (Å²) in [4.78, 5) is 4.47. The van der Waals surface area contributed by atoms with Crippen LogP contribution in [0.25, 0.3) is 11.1 Å². The monoisotopic (exact) mass is 296 g/mol. The van der Waals surface area contributed by atoms with E-state index in [1.807, 2.05) is 7.05 Å². The highest BCUT2D eigenvalue weighted by Gasteiger charge is 2.09. The maximum absolute atomic E-state index is 5.68. The Morgan fingerprint density at radius 1 is 1.41 bits per heavy atom. The smallest absolute Gasteiger partial charge is 0.209 e. The van der Waals surface area contributed by atoms with E-state index in [1.54, 1.807) is 0 Å². The van der Waals surface area contributed by atoms with Crippen LogP contribution in [0.2, 0.25) is 0 Å². The number of hydrogen-bond acceptors (Lipinski definition) is 3. The van der Waals surface area contributed by atoms with E-state index in [4.69, 9.17) is 4.42 Å². The third-order valence-electron chi connectivity index (χ3n) is 2.70. The Morgan fingerprint density at radius 2 is 2.24 bits per heavy atom. The number of hydrogen-bond donors (Lipinski definition) is 1. The molecule has 0 fully saturated rings. The molecule has 0 aliphatic heterocycles. The van der Waals surface area contributed by atoms with Gasteiger partial charge >= 0.3 is 0 Å². The fraction of sp³-hybridized carbons (Fsp3) is 0.462. The standard InChI is InChI=1S/C13H17BrN2O/c1-3-4-5-9-6-10(14)13-11(7-9)16-12(17-13)8-15-2/h6-7,15H,3-5,8H2,1-2H3. The Labute approximate surface area is 110 Å². The summed E-state index contributed by atoms with van der Waals surface area (Å²) in [5.41, 5.74) is 3.10. The molecule has 1 N–H and O–H groups in total. The second-order valence-electron chi connectivity index (χ2n) is 4.17. The molecule has 0 saturated carbocycles. The zero-order valence-corrected chi connectivity index (χ0v) is 11.8. The fourth-order valence-electron chi connectivity index (χ4n) is 1.84. The van der Waals surface area contributed by atoms with Crippen LogP contribution in [0.5, 0.6) is 0 Å². The molecule has 2 rings (SSSR count). The number of aromatic nitrogens is 1. The average molecular weight is 297 g/mol. The maximum atomic E-state index is 5.68. The lowest BCUT2D eigenvalue weighted by atomic mass is 10.1. The van der Waals surface area contributed by atoms with Crippen molar-refractivity contribution in [3.8, 4) is 0 Å². The van der Waals surface area contributed by atoms with Crippen molar-refractivity contribution < 1.29 is 4.42 Å². The normalized spacial score (nSPS) is 11.2. The van der Waals surface area contributed by atoms with Gasteiger partial charge in [0.1, 0.15) is 5.52 Å². The maximum Gasteiger partial charge on any atom is 0.209 e. The van der Waals surface area contributed by atoms with Crippen LogP contribution < -0.4 is 5.32 Å². The van der Waals surface area contributed by atoms with Crippen molar-refractivity contribution in [2.75, 3.05) is 7.05 Å². The molecule has 4 heteroatoms. The van der Waals surface area contributed by atoms with Gasteiger partial charge in [0.15, 0.2) is 5.58 Å². The van der Waals surface area contributed by atoms with Gasteiger partial charge in [-0.2, -0.15) is 0 Å². The van der Waals surface area contributed by atoms with Gasteiger partial charge in [-0.25, -0.2) is 4.98 Å². The largest absolute Gasteiger partial charge is 0.438 e. The van der Waals surface area contributed by atoms with Gasteiger partial charge in [0.25, 0.3) is 0 Å². The van der Waals surface area contributed by atoms with Gasteiger partial charge in [-0.3, -0.25) is 0 Å². The highest BCUT2D eigenvalue weighted by molar-refractivity contribution is 9.10. The lowest BCUT2D eigenvalue weighted by Crippen LogP contribution is -2.04. The minimum absolute atomic E-state index is 0.658. The third-order valence-corrected chi connectivity index (χ3v) is 3.28. The van der Waals surface area contributed by atoms with Crippen LogP contribution in [0.15, 0.2) is 21.0 Å². The second kappa shape index (κ2) is 5.65. The molecule has 0 bridgehead atoms. The molecule has 0 amide bonds. The Morgan fingerprint density at radius 3 is 2.94 bits per heavy atom. The minimum Gasteiger partial charge on any atom is -0.438 e. The Kier molecular flexibility index (Phi) is 4.18. The number of halogens is 1. The summed E-state index contributed by atoms with van der Waals surface area (Å²) in [5.74, 6) is 0.732. The van der Waals surface area contributed by atoms with Crippen molar-refractivity contribution in [1.29, 1.82) is 0 Å². The molecule has 1 aromatic carbocycles. The molecule has 0 atom stereocenters. The van der Waals surface area contributed by atoms with E-state index < -0.39 is 0 Å². The number of rotatable bonds is 5. The molecule has 1 heterocycles. The molecule has 0 aliphatic carbocycles. The topological polar surface area (TPSA) is 38.1 Å². The number of nitrogens with zero attached hydrogens (tertiary/aromatic N) is 1. The molecule has 0 saturated heterocycles. The van der Waals surface area contributed by atoms with Gasteiger partial charge in [0, 0.05) is 0 Å². The van der Waals surface area contributed by atoms with E-state index in [1.165, 1.54) is 18.4 Å². The number of nitrogens with one attached hydrogen (secondary N) is 1. The van der Waals surface area contributed by atoms with E-state index in [0.29, 0.717) is 6.54 Å². The first-order valence-corrected chi connectivity index (χ1v) is 6.76. The van der Waals surface area contributed by atoms with E-state index in [-0.39, 0.29) is 0 Å². The zero-order chi connectivity index (χ0) is 12.3. The Bertz CT molecular complexity index is 507. The first-order valence-electron chi connectivity index (χ1n) is 5.97. The molecule has 2 aromatic rings. The van der Waals surface area contributed by atoms with Gasteiger partial charge in [-0.05, 0) is 53.5 Å². The van der Waals surface area contributed by atoms with Crippen LogP contribution in [0.3, 0.4) is 0 Å². The van der Waals surface area contributed by atoms with Crippen LogP contribution in [0, 0.1) is 0 Å².